The molecular formula is C14H19NO5. The molecule has 0 fully saturated rings. The van der Waals surface area contributed by atoms with Gasteiger partial charge in [-0.1, -0.05) is 12.1 Å². The molecule has 3 N–H and O–H groups in total. The normalized spacial score (nSPS) is 11.8. The van der Waals surface area contributed by atoms with Gasteiger partial charge in [0.05, 0.1) is 14.2 Å². The second kappa shape index (κ2) is 7.49. The van der Waals surface area contributed by atoms with E-state index >= 15 is 0 Å². The first-order valence-corrected chi connectivity index (χ1v) is 6.19. The molecule has 0 saturated heterocycles. The summed E-state index contributed by atoms with van der Waals surface area (Å²) in [7, 11) is 2.59. The van der Waals surface area contributed by atoms with E-state index in [1.165, 1.54) is 20.3 Å². The fourth-order valence-corrected chi connectivity index (χ4v) is 1.79. The molecule has 1 aromatic rings. The van der Waals surface area contributed by atoms with Gasteiger partial charge in [0.1, 0.15) is 11.8 Å². The van der Waals surface area contributed by atoms with Gasteiger partial charge >= 0.3 is 11.9 Å². The highest BCUT2D eigenvalue weighted by Gasteiger charge is 2.15. The second-order valence-electron chi connectivity index (χ2n) is 4.37. The molecular weight excluding hydrogens is 262 g/mol. The van der Waals surface area contributed by atoms with Crippen LogP contribution in [0.3, 0.4) is 0 Å². The Morgan fingerprint density at radius 1 is 1.30 bits per heavy atom. The molecule has 1 rings (SSSR count). The summed E-state index contributed by atoms with van der Waals surface area (Å²) in [5.41, 5.74) is 7.09. The summed E-state index contributed by atoms with van der Waals surface area (Å²) in [5.74, 6) is -0.737. The van der Waals surface area contributed by atoms with Gasteiger partial charge in [-0.25, -0.2) is 0 Å². The number of aryl methyl sites for hydroxylation is 1. The molecule has 0 bridgehead atoms. The molecule has 0 aliphatic carbocycles. The van der Waals surface area contributed by atoms with Gasteiger partial charge in [0.2, 0.25) is 0 Å². The number of esters is 2. The van der Waals surface area contributed by atoms with E-state index in [0.29, 0.717) is 18.4 Å². The Hall–Kier alpha value is -2.08. The fraction of sp³-hybridized carbons (Fsp3) is 0.429. The molecule has 1 atom stereocenters. The monoisotopic (exact) mass is 281 g/mol. The van der Waals surface area contributed by atoms with E-state index < -0.39 is 12.0 Å². The van der Waals surface area contributed by atoms with Crippen LogP contribution in [0.25, 0.3) is 0 Å². The van der Waals surface area contributed by atoms with Crippen molar-refractivity contribution in [2.45, 2.75) is 25.3 Å². The quantitative estimate of drug-likeness (QED) is 0.738. The lowest BCUT2D eigenvalue weighted by atomic mass is 10.0. The number of hydrogen-bond donors (Lipinski definition) is 2. The van der Waals surface area contributed by atoms with Crippen molar-refractivity contribution in [3.8, 4) is 5.75 Å². The van der Waals surface area contributed by atoms with Crippen LogP contribution in [-0.4, -0.2) is 37.3 Å². The molecule has 0 aliphatic rings. The van der Waals surface area contributed by atoms with Crippen LogP contribution in [0, 0.1) is 0 Å². The minimum absolute atomic E-state index is 0.101. The number of carbonyl (C=O) groups is 2. The Balaban J connectivity index is 2.75. The SMILES string of the molecule is COC(=O)CCc1cc(C[C@H](N)C(=O)OC)ccc1O. The lowest BCUT2D eigenvalue weighted by Crippen LogP contribution is -2.33. The Morgan fingerprint density at radius 3 is 2.60 bits per heavy atom. The smallest absolute Gasteiger partial charge is 0.322 e. The predicted molar refractivity (Wildman–Crippen MR) is 72.1 cm³/mol. The van der Waals surface area contributed by atoms with Crippen LogP contribution < -0.4 is 5.73 Å². The molecule has 20 heavy (non-hydrogen) atoms. The molecule has 0 saturated carbocycles. The number of ether oxygens (including phenoxy) is 2. The molecule has 0 aliphatic heterocycles. The summed E-state index contributed by atoms with van der Waals surface area (Å²) in [6.07, 6.45) is 0.842. The second-order valence-corrected chi connectivity index (χ2v) is 4.37. The minimum atomic E-state index is -0.752. The summed E-state index contributed by atoms with van der Waals surface area (Å²) >= 11 is 0. The van der Waals surface area contributed by atoms with Gasteiger partial charge in [-0.15, -0.1) is 0 Å². The van der Waals surface area contributed by atoms with Gasteiger partial charge in [0.25, 0.3) is 0 Å². The zero-order valence-electron chi connectivity index (χ0n) is 11.6. The van der Waals surface area contributed by atoms with E-state index in [9.17, 15) is 14.7 Å². The largest absolute Gasteiger partial charge is 0.508 e. The molecule has 1 aromatic carbocycles. The molecule has 0 radical (unpaired) electrons. The van der Waals surface area contributed by atoms with Crippen molar-refractivity contribution < 1.29 is 24.2 Å². The van der Waals surface area contributed by atoms with Crippen molar-refractivity contribution in [2.24, 2.45) is 5.73 Å². The van der Waals surface area contributed by atoms with Gasteiger partial charge < -0.3 is 20.3 Å². The maximum absolute atomic E-state index is 11.3. The summed E-state index contributed by atoms with van der Waals surface area (Å²) in [6.45, 7) is 0. The average molecular weight is 281 g/mol. The number of rotatable bonds is 6. The third-order valence-electron chi connectivity index (χ3n) is 2.93. The van der Waals surface area contributed by atoms with E-state index in [1.807, 2.05) is 0 Å². The van der Waals surface area contributed by atoms with Gasteiger partial charge in [-0.3, -0.25) is 9.59 Å². The summed E-state index contributed by atoms with van der Waals surface area (Å²) in [6, 6.07) is 4.17. The predicted octanol–water partition coefficient (Wildman–Crippen LogP) is 0.541. The molecule has 6 heteroatoms. The van der Waals surface area contributed by atoms with Crippen LogP contribution in [0.4, 0.5) is 0 Å². The lowest BCUT2D eigenvalue weighted by Gasteiger charge is -2.11. The highest BCUT2D eigenvalue weighted by atomic mass is 16.5. The first-order valence-electron chi connectivity index (χ1n) is 6.19. The average Bonchev–Trinajstić information content (AvgIpc) is 2.46. The van der Waals surface area contributed by atoms with Gasteiger partial charge in [-0.05, 0) is 30.0 Å². The van der Waals surface area contributed by atoms with Crippen molar-refractivity contribution in [3.63, 3.8) is 0 Å². The Morgan fingerprint density at radius 2 is 2.00 bits per heavy atom. The number of phenols is 1. The number of carbonyl (C=O) groups excluding carboxylic acids is 2. The minimum Gasteiger partial charge on any atom is -0.508 e. The third-order valence-corrected chi connectivity index (χ3v) is 2.93. The highest BCUT2D eigenvalue weighted by molar-refractivity contribution is 5.75. The van der Waals surface area contributed by atoms with Crippen LogP contribution in [-0.2, 0) is 31.9 Å². The summed E-state index contributed by atoms with van der Waals surface area (Å²) in [5, 5.41) is 9.74. The Kier molecular flexibility index (Phi) is 5.99. The van der Waals surface area contributed by atoms with Crippen LogP contribution in [0.2, 0.25) is 0 Å². The molecule has 0 heterocycles. The van der Waals surface area contributed by atoms with Gasteiger partial charge in [-0.2, -0.15) is 0 Å². The number of hydrogen-bond acceptors (Lipinski definition) is 6. The van der Waals surface area contributed by atoms with Crippen LogP contribution in [0.5, 0.6) is 5.75 Å². The van der Waals surface area contributed by atoms with Crippen molar-refractivity contribution in [1.29, 1.82) is 0 Å². The van der Waals surface area contributed by atoms with Crippen LogP contribution in [0.1, 0.15) is 17.5 Å². The molecule has 0 unspecified atom stereocenters. The molecule has 110 valence electrons. The lowest BCUT2D eigenvalue weighted by molar-refractivity contribution is -0.142. The highest BCUT2D eigenvalue weighted by Crippen LogP contribution is 2.21. The number of phenolic OH excluding ortho intramolecular Hbond substituents is 1. The molecule has 0 amide bonds. The summed E-state index contributed by atoms with van der Waals surface area (Å²) in [4.78, 5) is 22.4. The van der Waals surface area contributed by atoms with E-state index in [-0.39, 0.29) is 18.1 Å². The van der Waals surface area contributed by atoms with E-state index in [4.69, 9.17) is 5.73 Å². The van der Waals surface area contributed by atoms with Crippen molar-refractivity contribution in [3.05, 3.63) is 29.3 Å². The zero-order chi connectivity index (χ0) is 15.1. The third kappa shape index (κ3) is 4.55. The van der Waals surface area contributed by atoms with Crippen LogP contribution >= 0.6 is 0 Å². The first kappa shape index (κ1) is 16.0. The van der Waals surface area contributed by atoms with Crippen molar-refractivity contribution >= 4 is 11.9 Å². The topological polar surface area (TPSA) is 98.9 Å². The number of benzene rings is 1. The molecule has 6 nitrogen and oxygen atoms in total. The van der Waals surface area contributed by atoms with Crippen molar-refractivity contribution in [2.75, 3.05) is 14.2 Å². The van der Waals surface area contributed by atoms with E-state index in [0.717, 1.165) is 5.56 Å². The fourth-order valence-electron chi connectivity index (χ4n) is 1.79. The Labute approximate surface area is 117 Å². The van der Waals surface area contributed by atoms with Gasteiger partial charge in [0.15, 0.2) is 0 Å². The van der Waals surface area contributed by atoms with Crippen molar-refractivity contribution in [1.82, 2.24) is 0 Å². The Bertz CT molecular complexity index is 486. The maximum atomic E-state index is 11.3. The van der Waals surface area contributed by atoms with E-state index in [2.05, 4.69) is 9.47 Å². The number of nitrogens with two attached hydrogens (primary N) is 1. The molecule has 0 aromatic heterocycles. The van der Waals surface area contributed by atoms with Crippen LogP contribution in [0.15, 0.2) is 18.2 Å². The zero-order valence-corrected chi connectivity index (χ0v) is 11.6. The molecule has 0 spiro atoms. The standard InChI is InChI=1S/C14H19NO5/c1-19-13(17)6-4-10-7-9(3-5-12(10)16)8-11(15)14(18)20-2/h3,5,7,11,16H,4,6,8,15H2,1-2H3/t11-/m0/s1. The van der Waals surface area contributed by atoms with Gasteiger partial charge in [0, 0.05) is 6.42 Å². The number of methoxy groups -OCH3 is 2. The first-order chi connectivity index (χ1) is 9.47. The van der Waals surface area contributed by atoms with E-state index in [1.54, 1.807) is 12.1 Å². The number of aromatic hydroxyl groups is 1. The summed E-state index contributed by atoms with van der Waals surface area (Å²) < 4.78 is 9.11. The maximum Gasteiger partial charge on any atom is 0.322 e.